The first kappa shape index (κ1) is 22.2. The maximum atomic E-state index is 11.4. The summed E-state index contributed by atoms with van der Waals surface area (Å²) in [6.45, 7) is 2.85. The summed E-state index contributed by atoms with van der Waals surface area (Å²) in [6, 6.07) is 6.07. The average molecular weight is 417 g/mol. The summed E-state index contributed by atoms with van der Waals surface area (Å²) < 4.78 is 9.13. The minimum absolute atomic E-state index is 0. The van der Waals surface area contributed by atoms with E-state index >= 15 is 0 Å². The van der Waals surface area contributed by atoms with Gasteiger partial charge in [-0.15, -0.1) is 0 Å². The van der Waals surface area contributed by atoms with Crippen LogP contribution in [0.4, 0.5) is 0 Å². The molecule has 0 aliphatic heterocycles. The van der Waals surface area contributed by atoms with Crippen LogP contribution in [0.5, 0.6) is 5.88 Å². The molecular formula is C20H20N5NaO4. The predicted molar refractivity (Wildman–Crippen MR) is 105 cm³/mol. The Morgan fingerprint density at radius 3 is 2.80 bits per heavy atom. The molecule has 1 saturated carbocycles. The van der Waals surface area contributed by atoms with Gasteiger partial charge in [-0.1, -0.05) is 0 Å². The molecule has 9 nitrogen and oxygen atoms in total. The van der Waals surface area contributed by atoms with Gasteiger partial charge in [0.1, 0.15) is 16.9 Å². The van der Waals surface area contributed by atoms with Gasteiger partial charge in [-0.3, -0.25) is 0 Å². The number of ether oxygens (including phenoxy) is 1. The molecule has 0 atom stereocenters. The minimum Gasteiger partial charge on any atom is -0.870 e. The molecule has 0 unspecified atom stereocenters. The van der Waals surface area contributed by atoms with Crippen LogP contribution < -0.4 is 34.3 Å². The van der Waals surface area contributed by atoms with Crippen LogP contribution in [0.3, 0.4) is 0 Å². The standard InChI is InChI=1S/C20H19N5O3.Na.H2O/c1-11-16(23-25-10-14(20(26)27)22-19(28-2)17(11)25)15-8-13-4-3-7-21-18(13)24(15)9-12-5-6-12;;/h3-4,7-8,10,12H,5-6,9H2,1-2H3,(H,26,27);;1H2/q;+1;/p-1. The van der Waals surface area contributed by atoms with Crippen molar-refractivity contribution in [1.29, 1.82) is 0 Å². The second-order valence-electron chi connectivity index (χ2n) is 7.21. The van der Waals surface area contributed by atoms with Gasteiger partial charge in [-0.2, -0.15) is 5.10 Å². The average Bonchev–Trinajstić information content (AvgIpc) is 3.36. The minimum atomic E-state index is -1.12. The molecule has 1 aliphatic rings. The van der Waals surface area contributed by atoms with Crippen molar-refractivity contribution in [3.63, 3.8) is 0 Å². The van der Waals surface area contributed by atoms with Crippen molar-refractivity contribution >= 4 is 22.5 Å². The fourth-order valence-corrected chi connectivity index (χ4v) is 3.69. The van der Waals surface area contributed by atoms with Crippen LogP contribution in [0.2, 0.25) is 0 Å². The second-order valence-corrected chi connectivity index (χ2v) is 7.21. The van der Waals surface area contributed by atoms with E-state index in [1.54, 1.807) is 10.7 Å². The SMILES string of the molecule is COc1nc(C(=O)O)cn2nc(-c3cc4cccnc4n3CC3CC3)c(C)c12.[Na+].[OH-]. The van der Waals surface area contributed by atoms with E-state index < -0.39 is 5.97 Å². The quantitative estimate of drug-likeness (QED) is 0.453. The third-order valence-electron chi connectivity index (χ3n) is 5.26. The number of fused-ring (bicyclic) bond motifs is 2. The Balaban J connectivity index is 0.00000128. The number of aromatic carboxylic acids is 1. The Bertz CT molecular complexity index is 1250. The fraction of sp³-hybridized carbons (Fsp3) is 0.300. The van der Waals surface area contributed by atoms with Crippen LogP contribution in [0.15, 0.2) is 30.6 Å². The van der Waals surface area contributed by atoms with E-state index in [1.807, 2.05) is 19.1 Å². The number of nitrogens with zero attached hydrogens (tertiary/aromatic N) is 5. The van der Waals surface area contributed by atoms with E-state index in [1.165, 1.54) is 26.1 Å². The normalized spacial score (nSPS) is 13.1. The Hall–Kier alpha value is -2.46. The van der Waals surface area contributed by atoms with Crippen molar-refractivity contribution < 1.29 is 49.7 Å². The van der Waals surface area contributed by atoms with Crippen LogP contribution >= 0.6 is 0 Å². The summed E-state index contributed by atoms with van der Waals surface area (Å²) >= 11 is 0. The number of carboxylic acids is 1. The predicted octanol–water partition coefficient (Wildman–Crippen LogP) is -0.00158. The van der Waals surface area contributed by atoms with E-state index in [-0.39, 0.29) is 46.6 Å². The van der Waals surface area contributed by atoms with Crippen LogP contribution in [-0.4, -0.2) is 47.8 Å². The van der Waals surface area contributed by atoms with Crippen LogP contribution in [-0.2, 0) is 6.54 Å². The number of rotatable bonds is 5. The molecule has 0 bridgehead atoms. The summed E-state index contributed by atoms with van der Waals surface area (Å²) in [5, 5.41) is 15.1. The molecule has 0 spiro atoms. The summed E-state index contributed by atoms with van der Waals surface area (Å²) in [5.74, 6) is -0.204. The summed E-state index contributed by atoms with van der Waals surface area (Å²) in [6.07, 6.45) is 5.69. The van der Waals surface area contributed by atoms with Gasteiger partial charge in [0.05, 0.1) is 19.0 Å². The van der Waals surface area contributed by atoms with Crippen molar-refractivity contribution in [3.05, 3.63) is 41.9 Å². The zero-order chi connectivity index (χ0) is 19.4. The Kier molecular flexibility index (Phi) is 6.19. The largest absolute Gasteiger partial charge is 1.00 e. The van der Waals surface area contributed by atoms with Gasteiger partial charge < -0.3 is 19.9 Å². The van der Waals surface area contributed by atoms with Crippen molar-refractivity contribution in [2.45, 2.75) is 26.3 Å². The molecular weight excluding hydrogens is 397 g/mol. The van der Waals surface area contributed by atoms with Crippen molar-refractivity contribution in [2.75, 3.05) is 7.11 Å². The third kappa shape index (κ3) is 3.58. The van der Waals surface area contributed by atoms with Crippen molar-refractivity contribution in [2.24, 2.45) is 5.92 Å². The third-order valence-corrected chi connectivity index (χ3v) is 5.26. The molecule has 30 heavy (non-hydrogen) atoms. The van der Waals surface area contributed by atoms with Gasteiger partial charge in [0, 0.05) is 23.7 Å². The number of hydrogen-bond acceptors (Lipinski definition) is 6. The molecule has 0 saturated heterocycles. The molecule has 2 N–H and O–H groups in total. The van der Waals surface area contributed by atoms with E-state index in [0.717, 1.165) is 34.5 Å². The monoisotopic (exact) mass is 417 g/mol. The van der Waals surface area contributed by atoms with E-state index in [2.05, 4.69) is 20.6 Å². The van der Waals surface area contributed by atoms with Crippen LogP contribution in [0.1, 0.15) is 28.9 Å². The summed E-state index contributed by atoms with van der Waals surface area (Å²) in [7, 11) is 1.48. The Morgan fingerprint density at radius 1 is 1.37 bits per heavy atom. The van der Waals surface area contributed by atoms with Gasteiger partial charge >= 0.3 is 35.5 Å². The maximum Gasteiger partial charge on any atom is 1.00 e. The Morgan fingerprint density at radius 2 is 2.13 bits per heavy atom. The zero-order valence-corrected chi connectivity index (χ0v) is 19.0. The molecule has 1 fully saturated rings. The first-order chi connectivity index (χ1) is 13.6. The molecule has 0 aromatic carbocycles. The van der Waals surface area contributed by atoms with Gasteiger partial charge in [-0.25, -0.2) is 19.3 Å². The first-order valence-corrected chi connectivity index (χ1v) is 9.18. The first-order valence-electron chi connectivity index (χ1n) is 9.18. The van der Waals surface area contributed by atoms with Gasteiger partial charge in [-0.05, 0) is 43.9 Å². The van der Waals surface area contributed by atoms with Crippen molar-refractivity contribution in [3.8, 4) is 17.3 Å². The maximum absolute atomic E-state index is 11.4. The zero-order valence-electron chi connectivity index (χ0n) is 17.0. The second kappa shape index (κ2) is 8.35. The van der Waals surface area contributed by atoms with Crippen molar-refractivity contribution in [1.82, 2.24) is 24.1 Å². The smallest absolute Gasteiger partial charge is 0.870 e. The van der Waals surface area contributed by atoms with Gasteiger partial charge in [0.2, 0.25) is 5.88 Å². The summed E-state index contributed by atoms with van der Waals surface area (Å²) in [4.78, 5) is 20.1. The fourth-order valence-electron chi connectivity index (χ4n) is 3.69. The summed E-state index contributed by atoms with van der Waals surface area (Å²) in [5.41, 5.74) is 4.14. The number of aromatic nitrogens is 5. The van der Waals surface area contributed by atoms with E-state index in [4.69, 9.17) is 9.84 Å². The number of carboxylic acid groups (broad SMARTS) is 1. The molecule has 10 heteroatoms. The van der Waals surface area contributed by atoms with Crippen LogP contribution in [0.25, 0.3) is 27.9 Å². The molecule has 1 aliphatic carbocycles. The topological polar surface area (TPSA) is 125 Å². The number of aryl methyl sites for hydroxylation is 1. The molecule has 0 amide bonds. The molecule has 0 radical (unpaired) electrons. The molecule has 4 aromatic heterocycles. The molecule has 4 heterocycles. The van der Waals surface area contributed by atoms with E-state index in [0.29, 0.717) is 11.4 Å². The molecule has 150 valence electrons. The number of pyridine rings is 1. The Labute approximate surface area is 194 Å². The number of hydrogen-bond donors (Lipinski definition) is 1. The molecule has 5 rings (SSSR count). The molecule has 4 aromatic rings. The van der Waals surface area contributed by atoms with E-state index in [9.17, 15) is 9.90 Å². The van der Waals surface area contributed by atoms with Gasteiger partial charge in [0.15, 0.2) is 5.69 Å². The van der Waals surface area contributed by atoms with Gasteiger partial charge in [0.25, 0.3) is 0 Å². The number of methoxy groups -OCH3 is 1. The number of carbonyl (C=O) groups is 1. The van der Waals surface area contributed by atoms with Crippen LogP contribution in [0, 0.1) is 12.8 Å².